The second-order valence-corrected chi connectivity index (χ2v) is 2.26. The minimum atomic E-state index is 0.553. The standard InChI is InChI=1S/C7H8BBr/c1-6(5-9)3-4-7(2)8/h3-4H,1-2,5H2/b4-3-. The van der Waals surface area contributed by atoms with Gasteiger partial charge in [-0.3, -0.25) is 0 Å². The van der Waals surface area contributed by atoms with Crippen molar-refractivity contribution in [3.8, 4) is 0 Å². The SMILES string of the molecule is [B]C(=C)/C=C\C(=C)CBr. The molecule has 46 valence electrons. The zero-order valence-electron chi connectivity index (χ0n) is 5.23. The molecule has 0 nitrogen and oxygen atoms in total. The van der Waals surface area contributed by atoms with E-state index in [-0.39, 0.29) is 0 Å². The van der Waals surface area contributed by atoms with Crippen LogP contribution in [0.4, 0.5) is 0 Å². The van der Waals surface area contributed by atoms with Gasteiger partial charge in [0.2, 0.25) is 0 Å². The topological polar surface area (TPSA) is 0 Å². The molecule has 0 spiro atoms. The summed E-state index contributed by atoms with van der Waals surface area (Å²) < 4.78 is 0. The Balaban J connectivity index is 3.71. The van der Waals surface area contributed by atoms with E-state index in [4.69, 9.17) is 7.85 Å². The van der Waals surface area contributed by atoms with Gasteiger partial charge in [0.15, 0.2) is 0 Å². The van der Waals surface area contributed by atoms with Crippen LogP contribution < -0.4 is 0 Å². The highest BCUT2D eigenvalue weighted by molar-refractivity contribution is 9.09. The molecule has 0 unspecified atom stereocenters. The molecule has 0 aliphatic carbocycles. The van der Waals surface area contributed by atoms with E-state index < -0.39 is 0 Å². The number of hydrogen-bond acceptors (Lipinski definition) is 0. The van der Waals surface area contributed by atoms with E-state index >= 15 is 0 Å². The molecule has 0 rings (SSSR count). The Morgan fingerprint density at radius 2 is 2.00 bits per heavy atom. The minimum Gasteiger partial charge on any atom is -0.106 e. The molecule has 0 aliphatic rings. The summed E-state index contributed by atoms with van der Waals surface area (Å²) >= 11 is 3.24. The molecule has 0 heterocycles. The molecule has 0 saturated heterocycles. The average molecular weight is 183 g/mol. The summed E-state index contributed by atoms with van der Waals surface area (Å²) in [4.78, 5) is 0. The van der Waals surface area contributed by atoms with Crippen LogP contribution in [-0.2, 0) is 0 Å². The van der Waals surface area contributed by atoms with Gasteiger partial charge in [-0.15, -0.1) is 12.1 Å². The van der Waals surface area contributed by atoms with Crippen LogP contribution in [0.3, 0.4) is 0 Å². The predicted molar refractivity (Wildman–Crippen MR) is 47.0 cm³/mol. The van der Waals surface area contributed by atoms with Crippen LogP contribution in [0.1, 0.15) is 0 Å². The van der Waals surface area contributed by atoms with Crippen LogP contribution in [0.25, 0.3) is 0 Å². The zero-order chi connectivity index (χ0) is 7.28. The molecular formula is C7H8BBr. The Kier molecular flexibility index (Phi) is 4.50. The van der Waals surface area contributed by atoms with Gasteiger partial charge in [0.05, 0.1) is 0 Å². The maximum atomic E-state index is 5.26. The van der Waals surface area contributed by atoms with Gasteiger partial charge in [-0.2, -0.15) is 0 Å². The van der Waals surface area contributed by atoms with Gasteiger partial charge in [-0.05, 0) is 5.57 Å². The molecule has 0 atom stereocenters. The summed E-state index contributed by atoms with van der Waals surface area (Å²) in [5, 5.41) is 0.775. The summed E-state index contributed by atoms with van der Waals surface area (Å²) in [5.41, 5.74) is 1.54. The number of alkyl halides is 1. The van der Waals surface area contributed by atoms with Crippen molar-refractivity contribution in [2.75, 3.05) is 5.33 Å². The van der Waals surface area contributed by atoms with Gasteiger partial charge in [-0.25, -0.2) is 0 Å². The van der Waals surface area contributed by atoms with Gasteiger partial charge in [0.1, 0.15) is 7.85 Å². The molecule has 0 aromatic rings. The molecule has 0 bridgehead atoms. The third-order valence-electron chi connectivity index (χ3n) is 0.705. The first-order chi connectivity index (χ1) is 4.16. The molecule has 0 saturated carbocycles. The third-order valence-corrected chi connectivity index (χ3v) is 1.42. The molecule has 2 radical (unpaired) electrons. The minimum absolute atomic E-state index is 0.553. The van der Waals surface area contributed by atoms with Crippen molar-refractivity contribution in [1.29, 1.82) is 0 Å². The number of halogens is 1. The fourth-order valence-electron chi connectivity index (χ4n) is 0.269. The Labute approximate surface area is 65.9 Å². The Bertz CT molecular complexity index is 147. The van der Waals surface area contributed by atoms with Crippen LogP contribution >= 0.6 is 15.9 Å². The molecule has 9 heavy (non-hydrogen) atoms. The largest absolute Gasteiger partial charge is 0.112 e. The molecule has 0 amide bonds. The van der Waals surface area contributed by atoms with Crippen molar-refractivity contribution in [2.45, 2.75) is 0 Å². The normalized spacial score (nSPS) is 9.89. The molecule has 0 fully saturated rings. The van der Waals surface area contributed by atoms with Gasteiger partial charge in [0, 0.05) is 5.33 Å². The molecule has 2 heteroatoms. The highest BCUT2D eigenvalue weighted by Gasteiger charge is 1.80. The maximum absolute atomic E-state index is 5.26. The summed E-state index contributed by atoms with van der Waals surface area (Å²) in [6.45, 7) is 7.21. The van der Waals surface area contributed by atoms with Crippen LogP contribution in [0.2, 0.25) is 0 Å². The Morgan fingerprint density at radius 1 is 1.44 bits per heavy atom. The lowest BCUT2D eigenvalue weighted by molar-refractivity contribution is 1.60. The van der Waals surface area contributed by atoms with Gasteiger partial charge < -0.3 is 0 Å². The summed E-state index contributed by atoms with van der Waals surface area (Å²) in [6.07, 6.45) is 3.56. The van der Waals surface area contributed by atoms with Crippen LogP contribution in [-0.4, -0.2) is 13.2 Å². The first-order valence-corrected chi connectivity index (χ1v) is 3.65. The van der Waals surface area contributed by atoms with Gasteiger partial charge in [0.25, 0.3) is 0 Å². The summed E-state index contributed by atoms with van der Waals surface area (Å²) in [7, 11) is 5.26. The molecule has 0 aromatic heterocycles. The first-order valence-electron chi connectivity index (χ1n) is 2.53. The van der Waals surface area contributed by atoms with E-state index in [9.17, 15) is 0 Å². The monoisotopic (exact) mass is 182 g/mol. The van der Waals surface area contributed by atoms with Crippen molar-refractivity contribution in [1.82, 2.24) is 0 Å². The third kappa shape index (κ3) is 5.64. The number of hydrogen-bond donors (Lipinski definition) is 0. The predicted octanol–water partition coefficient (Wildman–Crippen LogP) is 2.18. The second-order valence-electron chi connectivity index (χ2n) is 1.70. The lowest BCUT2D eigenvalue weighted by Gasteiger charge is -1.88. The van der Waals surface area contributed by atoms with Gasteiger partial charge >= 0.3 is 0 Å². The average Bonchev–Trinajstić information content (AvgIpc) is 1.83. The Morgan fingerprint density at radius 3 is 2.33 bits per heavy atom. The quantitative estimate of drug-likeness (QED) is 0.357. The lowest BCUT2D eigenvalue weighted by Crippen LogP contribution is -1.75. The highest BCUT2D eigenvalue weighted by Crippen LogP contribution is 1.98. The fraction of sp³-hybridized carbons (Fsp3) is 0.143. The van der Waals surface area contributed by atoms with Gasteiger partial charge in [-0.1, -0.05) is 34.7 Å². The summed E-state index contributed by atoms with van der Waals surface area (Å²) in [6, 6.07) is 0. The van der Waals surface area contributed by atoms with E-state index in [0.717, 1.165) is 10.9 Å². The van der Waals surface area contributed by atoms with E-state index in [1.54, 1.807) is 6.08 Å². The van der Waals surface area contributed by atoms with E-state index in [1.807, 2.05) is 6.08 Å². The molecule has 0 N–H and O–H groups in total. The second kappa shape index (κ2) is 4.63. The van der Waals surface area contributed by atoms with E-state index in [0.29, 0.717) is 5.47 Å². The Hall–Kier alpha value is -0.235. The van der Waals surface area contributed by atoms with Crippen molar-refractivity contribution in [3.63, 3.8) is 0 Å². The van der Waals surface area contributed by atoms with E-state index in [1.165, 1.54) is 0 Å². The number of rotatable bonds is 3. The highest BCUT2D eigenvalue weighted by atomic mass is 79.9. The first kappa shape index (κ1) is 8.76. The lowest BCUT2D eigenvalue weighted by atomic mass is 9.97. The van der Waals surface area contributed by atoms with Crippen LogP contribution in [0, 0.1) is 0 Å². The smallest absolute Gasteiger partial charge is 0.106 e. The van der Waals surface area contributed by atoms with Crippen molar-refractivity contribution >= 4 is 23.8 Å². The number of allylic oxidation sites excluding steroid dienone is 4. The van der Waals surface area contributed by atoms with Crippen molar-refractivity contribution in [3.05, 3.63) is 36.4 Å². The van der Waals surface area contributed by atoms with E-state index in [2.05, 4.69) is 29.1 Å². The maximum Gasteiger partial charge on any atom is 0.112 e. The van der Waals surface area contributed by atoms with Crippen LogP contribution in [0.5, 0.6) is 0 Å². The van der Waals surface area contributed by atoms with Crippen LogP contribution in [0.15, 0.2) is 36.4 Å². The molecular weight excluding hydrogens is 175 g/mol. The fourth-order valence-corrected chi connectivity index (χ4v) is 0.456. The van der Waals surface area contributed by atoms with Crippen molar-refractivity contribution in [2.24, 2.45) is 0 Å². The molecule has 0 aliphatic heterocycles. The zero-order valence-corrected chi connectivity index (χ0v) is 6.82. The summed E-state index contributed by atoms with van der Waals surface area (Å²) in [5.74, 6) is 0. The van der Waals surface area contributed by atoms with Crippen molar-refractivity contribution < 1.29 is 0 Å². The molecule has 0 aromatic carbocycles.